The van der Waals surface area contributed by atoms with E-state index in [1.54, 1.807) is 12.1 Å². The molecule has 0 amide bonds. The summed E-state index contributed by atoms with van der Waals surface area (Å²) in [7, 11) is 0. The number of hydrogen-bond acceptors (Lipinski definition) is 7. The van der Waals surface area contributed by atoms with Crippen molar-refractivity contribution in [2.45, 2.75) is 38.6 Å². The van der Waals surface area contributed by atoms with Gasteiger partial charge in [0.15, 0.2) is 11.8 Å². The van der Waals surface area contributed by atoms with Crippen LogP contribution < -0.4 is 14.8 Å². The number of nitrogens with one attached hydrogen (secondary N) is 1. The molecule has 0 bridgehead atoms. The second kappa shape index (κ2) is 8.03. The number of fused-ring (bicyclic) bond motifs is 2. The second-order valence-corrected chi connectivity index (χ2v) is 7.16. The Morgan fingerprint density at radius 1 is 1.38 bits per heavy atom. The molecule has 7 heteroatoms. The summed E-state index contributed by atoms with van der Waals surface area (Å²) in [4.78, 5) is 24.9. The first-order valence-electron chi connectivity index (χ1n) is 9.80. The van der Waals surface area contributed by atoms with Crippen molar-refractivity contribution in [3.05, 3.63) is 58.7 Å². The zero-order valence-corrected chi connectivity index (χ0v) is 16.2. The van der Waals surface area contributed by atoms with Gasteiger partial charge in [-0.3, -0.25) is 4.79 Å². The number of ether oxygens (including phenoxy) is 3. The van der Waals surface area contributed by atoms with Crippen molar-refractivity contribution in [1.29, 1.82) is 0 Å². The van der Waals surface area contributed by atoms with Crippen molar-refractivity contribution in [2.75, 3.05) is 13.2 Å². The SMILES string of the molecule is CCCCOC(=O)C1NC=C2C=C(Oc3ccc4c(c3)CCO4)CC(=O)C2=C1O. The molecule has 1 aromatic rings. The highest BCUT2D eigenvalue weighted by Crippen LogP contribution is 2.34. The molecule has 1 aliphatic carbocycles. The molecule has 0 aromatic heterocycles. The summed E-state index contributed by atoms with van der Waals surface area (Å²) in [6.07, 6.45) is 5.71. The number of aliphatic hydroxyl groups is 1. The summed E-state index contributed by atoms with van der Waals surface area (Å²) >= 11 is 0. The Kier molecular flexibility index (Phi) is 5.29. The van der Waals surface area contributed by atoms with Gasteiger partial charge in [-0.2, -0.15) is 0 Å². The first-order chi connectivity index (χ1) is 14.1. The van der Waals surface area contributed by atoms with Crippen LogP contribution in [0.5, 0.6) is 11.5 Å². The van der Waals surface area contributed by atoms with E-state index in [2.05, 4.69) is 5.32 Å². The fourth-order valence-electron chi connectivity index (χ4n) is 3.53. The quantitative estimate of drug-likeness (QED) is 0.563. The molecule has 0 fully saturated rings. The number of unbranched alkanes of at least 4 members (excludes halogenated alkanes) is 1. The van der Waals surface area contributed by atoms with Crippen LogP contribution in [-0.4, -0.2) is 36.1 Å². The van der Waals surface area contributed by atoms with E-state index in [0.29, 0.717) is 23.7 Å². The Hall–Kier alpha value is -3.22. The predicted octanol–water partition coefficient (Wildman–Crippen LogP) is 2.87. The molecule has 2 heterocycles. The molecule has 152 valence electrons. The fraction of sp³-hybridized carbons (Fsp3) is 0.364. The zero-order chi connectivity index (χ0) is 20.4. The predicted molar refractivity (Wildman–Crippen MR) is 105 cm³/mol. The molecule has 4 rings (SSSR count). The highest BCUT2D eigenvalue weighted by molar-refractivity contribution is 6.05. The average molecular weight is 397 g/mol. The lowest BCUT2D eigenvalue weighted by molar-refractivity contribution is -0.145. The molecule has 1 aromatic carbocycles. The van der Waals surface area contributed by atoms with Gasteiger partial charge in [0.1, 0.15) is 23.0 Å². The van der Waals surface area contributed by atoms with Crippen molar-refractivity contribution in [2.24, 2.45) is 0 Å². The van der Waals surface area contributed by atoms with Crippen LogP contribution in [-0.2, 0) is 20.7 Å². The number of esters is 1. The van der Waals surface area contributed by atoms with E-state index in [-0.39, 0.29) is 30.1 Å². The maximum absolute atomic E-state index is 12.7. The summed E-state index contributed by atoms with van der Waals surface area (Å²) in [6, 6.07) is 4.50. The van der Waals surface area contributed by atoms with Gasteiger partial charge in [-0.15, -0.1) is 0 Å². The molecule has 2 aliphatic heterocycles. The highest BCUT2D eigenvalue weighted by atomic mass is 16.5. The third-order valence-corrected chi connectivity index (χ3v) is 5.04. The van der Waals surface area contributed by atoms with Crippen molar-refractivity contribution in [3.63, 3.8) is 0 Å². The Labute approximate surface area is 168 Å². The number of carbonyl (C=O) groups excluding carboxylic acids is 2. The van der Waals surface area contributed by atoms with E-state index >= 15 is 0 Å². The number of hydrogen-bond donors (Lipinski definition) is 2. The molecular weight excluding hydrogens is 374 g/mol. The van der Waals surface area contributed by atoms with Gasteiger partial charge >= 0.3 is 5.97 Å². The minimum atomic E-state index is -1.07. The van der Waals surface area contributed by atoms with Crippen LogP contribution in [0.4, 0.5) is 0 Å². The van der Waals surface area contributed by atoms with Gasteiger partial charge in [0, 0.05) is 23.8 Å². The van der Waals surface area contributed by atoms with Crippen LogP contribution in [0.25, 0.3) is 0 Å². The van der Waals surface area contributed by atoms with Crippen LogP contribution in [0.2, 0.25) is 0 Å². The molecule has 29 heavy (non-hydrogen) atoms. The number of rotatable bonds is 6. The molecule has 0 saturated carbocycles. The van der Waals surface area contributed by atoms with E-state index in [4.69, 9.17) is 14.2 Å². The molecule has 0 radical (unpaired) electrons. The van der Waals surface area contributed by atoms with Gasteiger partial charge in [0.25, 0.3) is 0 Å². The second-order valence-electron chi connectivity index (χ2n) is 7.16. The van der Waals surface area contributed by atoms with Gasteiger partial charge in [-0.25, -0.2) is 4.79 Å². The summed E-state index contributed by atoms with van der Waals surface area (Å²) in [5, 5.41) is 13.3. The summed E-state index contributed by atoms with van der Waals surface area (Å²) in [6.45, 7) is 2.93. The zero-order valence-electron chi connectivity index (χ0n) is 16.2. The largest absolute Gasteiger partial charge is 0.509 e. The minimum absolute atomic E-state index is 0.00191. The van der Waals surface area contributed by atoms with Crippen molar-refractivity contribution in [3.8, 4) is 11.5 Å². The number of ketones is 1. The summed E-state index contributed by atoms with van der Waals surface area (Å²) in [5.41, 5.74) is 1.69. The van der Waals surface area contributed by atoms with Crippen LogP contribution in [0.1, 0.15) is 31.7 Å². The Morgan fingerprint density at radius 3 is 3.07 bits per heavy atom. The van der Waals surface area contributed by atoms with Crippen molar-refractivity contribution < 1.29 is 28.9 Å². The smallest absolute Gasteiger partial charge is 0.336 e. The standard InChI is InChI=1S/C22H23NO6/c1-2-3-7-28-22(26)20-21(25)19-14(12-23-20)10-16(11-17(19)24)29-15-4-5-18-13(9-15)6-8-27-18/h4-5,9-10,12,20,23,25H,2-3,6-8,11H2,1H3. The third kappa shape index (κ3) is 3.85. The fourth-order valence-corrected chi connectivity index (χ4v) is 3.53. The van der Waals surface area contributed by atoms with Crippen LogP contribution in [0, 0.1) is 0 Å². The highest BCUT2D eigenvalue weighted by Gasteiger charge is 2.35. The van der Waals surface area contributed by atoms with Gasteiger partial charge in [0.05, 0.1) is 25.2 Å². The molecule has 0 saturated heterocycles. The molecule has 0 spiro atoms. The minimum Gasteiger partial charge on any atom is -0.509 e. The molecule has 1 atom stereocenters. The van der Waals surface area contributed by atoms with Gasteiger partial charge in [0.2, 0.25) is 0 Å². The summed E-state index contributed by atoms with van der Waals surface area (Å²) in [5.74, 6) is 0.756. The van der Waals surface area contributed by atoms with Crippen LogP contribution >= 0.6 is 0 Å². The Balaban J connectivity index is 1.50. The van der Waals surface area contributed by atoms with Crippen LogP contribution in [0.3, 0.4) is 0 Å². The molecule has 1 unspecified atom stereocenters. The molecule has 2 N–H and O–H groups in total. The maximum Gasteiger partial charge on any atom is 0.336 e. The van der Waals surface area contributed by atoms with E-state index in [1.807, 2.05) is 19.1 Å². The van der Waals surface area contributed by atoms with Gasteiger partial charge in [-0.1, -0.05) is 13.3 Å². The van der Waals surface area contributed by atoms with Gasteiger partial charge in [-0.05, 0) is 30.7 Å². The van der Waals surface area contributed by atoms with Gasteiger partial charge < -0.3 is 24.6 Å². The lowest BCUT2D eigenvalue weighted by atomic mass is 9.88. The lowest BCUT2D eigenvalue weighted by Gasteiger charge is -2.26. The molecule has 3 aliphatic rings. The van der Waals surface area contributed by atoms with Crippen molar-refractivity contribution >= 4 is 11.8 Å². The summed E-state index contributed by atoms with van der Waals surface area (Å²) < 4.78 is 16.5. The van der Waals surface area contributed by atoms with E-state index in [1.165, 1.54) is 6.20 Å². The Bertz CT molecular complexity index is 943. The van der Waals surface area contributed by atoms with E-state index in [0.717, 1.165) is 30.6 Å². The maximum atomic E-state index is 12.7. The lowest BCUT2D eigenvalue weighted by Crippen LogP contribution is -2.41. The first-order valence-corrected chi connectivity index (χ1v) is 9.80. The number of Topliss-reactive ketones (excluding diaryl/α,β-unsaturated/α-hetero) is 1. The topological polar surface area (TPSA) is 94.1 Å². The number of aliphatic hydroxyl groups excluding tert-OH is 1. The average Bonchev–Trinajstić information content (AvgIpc) is 3.16. The first kappa shape index (κ1) is 19.1. The number of benzene rings is 1. The van der Waals surface area contributed by atoms with Crippen LogP contribution in [0.15, 0.2) is 53.1 Å². The normalized spacial score (nSPS) is 20.0. The van der Waals surface area contributed by atoms with E-state index in [9.17, 15) is 14.7 Å². The number of carbonyl (C=O) groups is 2. The Morgan fingerprint density at radius 2 is 2.24 bits per heavy atom. The number of dihydropyridines is 1. The number of allylic oxidation sites excluding steroid dienone is 4. The van der Waals surface area contributed by atoms with Crippen molar-refractivity contribution in [1.82, 2.24) is 5.32 Å². The van der Waals surface area contributed by atoms with E-state index < -0.39 is 12.0 Å². The third-order valence-electron chi connectivity index (χ3n) is 5.04. The monoisotopic (exact) mass is 397 g/mol. The molecule has 7 nitrogen and oxygen atoms in total. The molecular formula is C22H23NO6.